The molecule has 0 aliphatic carbocycles. The van der Waals surface area contributed by atoms with E-state index in [0.29, 0.717) is 12.5 Å². The van der Waals surface area contributed by atoms with E-state index < -0.39 is 0 Å². The molecule has 2 heterocycles. The third kappa shape index (κ3) is 2.39. The minimum Gasteiger partial charge on any atom is -0.495 e. The fourth-order valence-corrected chi connectivity index (χ4v) is 2.00. The fraction of sp³-hybridized carbons (Fsp3) is 0.545. The largest absolute Gasteiger partial charge is 0.495 e. The molecule has 1 aromatic heterocycles. The summed E-state index contributed by atoms with van der Waals surface area (Å²) >= 11 is 5.91. The van der Waals surface area contributed by atoms with Crippen LogP contribution in [0.1, 0.15) is 0 Å². The second-order valence-electron chi connectivity index (χ2n) is 3.63. The van der Waals surface area contributed by atoms with Gasteiger partial charge in [0.05, 0.1) is 32.6 Å². The van der Waals surface area contributed by atoms with Crippen LogP contribution in [0.5, 0.6) is 5.75 Å². The van der Waals surface area contributed by atoms with Gasteiger partial charge in [-0.15, -0.1) is 11.6 Å². The number of alkyl halides is 1. The van der Waals surface area contributed by atoms with Crippen LogP contribution in [0.3, 0.4) is 0 Å². The van der Waals surface area contributed by atoms with Gasteiger partial charge in [-0.1, -0.05) is 0 Å². The zero-order valence-electron chi connectivity index (χ0n) is 9.23. The first kappa shape index (κ1) is 11.5. The van der Waals surface area contributed by atoms with Gasteiger partial charge in [-0.3, -0.25) is 0 Å². The second kappa shape index (κ2) is 5.37. The highest BCUT2D eigenvalue weighted by molar-refractivity contribution is 6.18. The maximum atomic E-state index is 5.91. The van der Waals surface area contributed by atoms with E-state index in [4.69, 9.17) is 21.1 Å². The number of rotatable bonds is 3. The highest BCUT2D eigenvalue weighted by Gasteiger charge is 2.23. The molecule has 0 aromatic carbocycles. The van der Waals surface area contributed by atoms with Crippen molar-refractivity contribution in [2.24, 2.45) is 0 Å². The molecule has 88 valence electrons. The van der Waals surface area contributed by atoms with Crippen LogP contribution in [0.15, 0.2) is 18.3 Å². The molecule has 0 N–H and O–H groups in total. The second-order valence-corrected chi connectivity index (χ2v) is 3.94. The van der Waals surface area contributed by atoms with Crippen molar-refractivity contribution in [1.82, 2.24) is 4.98 Å². The van der Waals surface area contributed by atoms with Crippen molar-refractivity contribution < 1.29 is 9.47 Å². The number of halogens is 1. The Morgan fingerprint density at radius 3 is 3.12 bits per heavy atom. The van der Waals surface area contributed by atoms with Gasteiger partial charge in [-0.25, -0.2) is 4.98 Å². The lowest BCUT2D eigenvalue weighted by molar-refractivity contribution is 0.0994. The summed E-state index contributed by atoms with van der Waals surface area (Å²) in [6.07, 6.45) is 1.72. The lowest BCUT2D eigenvalue weighted by Crippen LogP contribution is -2.47. The van der Waals surface area contributed by atoms with Gasteiger partial charge in [-0.2, -0.15) is 0 Å². The lowest BCUT2D eigenvalue weighted by Gasteiger charge is -2.35. The number of morpholine rings is 1. The third-order valence-corrected chi connectivity index (χ3v) is 3.01. The molecule has 2 rings (SSSR count). The van der Waals surface area contributed by atoms with E-state index in [1.54, 1.807) is 13.3 Å². The smallest absolute Gasteiger partial charge is 0.137 e. The van der Waals surface area contributed by atoms with Crippen molar-refractivity contribution in [2.45, 2.75) is 6.04 Å². The highest BCUT2D eigenvalue weighted by atomic mass is 35.5. The van der Waals surface area contributed by atoms with Gasteiger partial charge < -0.3 is 14.4 Å². The molecule has 5 heteroatoms. The fourth-order valence-electron chi connectivity index (χ4n) is 1.75. The van der Waals surface area contributed by atoms with Crippen molar-refractivity contribution in [3.8, 4) is 5.75 Å². The Bertz CT molecular complexity index is 331. The molecule has 4 nitrogen and oxygen atoms in total. The maximum Gasteiger partial charge on any atom is 0.137 e. The molecule has 1 saturated heterocycles. The topological polar surface area (TPSA) is 34.6 Å². The number of aromatic nitrogens is 1. The number of nitrogens with zero attached hydrogens (tertiary/aromatic N) is 2. The van der Waals surface area contributed by atoms with Gasteiger partial charge in [0.2, 0.25) is 0 Å². The predicted octanol–water partition coefficient (Wildman–Crippen LogP) is 1.53. The predicted molar refractivity (Wildman–Crippen MR) is 63.5 cm³/mol. The van der Waals surface area contributed by atoms with Crippen LogP contribution in [0, 0.1) is 0 Å². The van der Waals surface area contributed by atoms with Gasteiger partial charge in [0.25, 0.3) is 0 Å². The molecular weight excluding hydrogens is 228 g/mol. The van der Waals surface area contributed by atoms with Crippen LogP contribution < -0.4 is 9.64 Å². The molecule has 0 radical (unpaired) electrons. The summed E-state index contributed by atoms with van der Waals surface area (Å²) in [6, 6.07) is 4.06. The van der Waals surface area contributed by atoms with E-state index in [2.05, 4.69) is 9.88 Å². The van der Waals surface area contributed by atoms with Gasteiger partial charge in [0.1, 0.15) is 11.6 Å². The molecule has 1 aliphatic heterocycles. The van der Waals surface area contributed by atoms with Crippen LogP contribution >= 0.6 is 11.6 Å². The number of methoxy groups -OCH3 is 1. The monoisotopic (exact) mass is 242 g/mol. The summed E-state index contributed by atoms with van der Waals surface area (Å²) in [5.41, 5.74) is 0. The number of hydrogen-bond acceptors (Lipinski definition) is 4. The minimum absolute atomic E-state index is 0.205. The molecule has 1 aromatic rings. The lowest BCUT2D eigenvalue weighted by atomic mass is 10.2. The Morgan fingerprint density at radius 2 is 2.50 bits per heavy atom. The molecule has 1 aliphatic rings. The number of ether oxygens (including phenoxy) is 2. The Balaban J connectivity index is 2.14. The zero-order valence-corrected chi connectivity index (χ0v) is 9.98. The molecular formula is C11H15ClN2O2. The van der Waals surface area contributed by atoms with Crippen LogP contribution in [0.4, 0.5) is 5.82 Å². The molecule has 1 fully saturated rings. The first-order valence-electron chi connectivity index (χ1n) is 5.25. The normalized spacial score (nSPS) is 20.9. The molecule has 1 atom stereocenters. The van der Waals surface area contributed by atoms with Gasteiger partial charge in [0.15, 0.2) is 0 Å². The Kier molecular flexibility index (Phi) is 3.85. The van der Waals surface area contributed by atoms with Gasteiger partial charge >= 0.3 is 0 Å². The van der Waals surface area contributed by atoms with E-state index in [1.165, 1.54) is 0 Å². The number of anilines is 1. The average Bonchev–Trinajstić information content (AvgIpc) is 2.39. The summed E-state index contributed by atoms with van der Waals surface area (Å²) < 4.78 is 10.5. The summed E-state index contributed by atoms with van der Waals surface area (Å²) in [6.45, 7) is 2.22. The molecule has 0 amide bonds. The molecule has 1 unspecified atom stereocenters. The van der Waals surface area contributed by atoms with E-state index in [1.807, 2.05) is 12.1 Å². The number of pyridine rings is 1. The van der Waals surface area contributed by atoms with E-state index in [-0.39, 0.29) is 6.04 Å². The zero-order chi connectivity index (χ0) is 11.4. The molecule has 16 heavy (non-hydrogen) atoms. The third-order valence-electron chi connectivity index (χ3n) is 2.66. The van der Waals surface area contributed by atoms with E-state index >= 15 is 0 Å². The Labute approximate surface area is 100 Å². The van der Waals surface area contributed by atoms with Gasteiger partial charge in [0, 0.05) is 12.4 Å². The highest BCUT2D eigenvalue weighted by Crippen LogP contribution is 2.20. The van der Waals surface area contributed by atoms with Crippen LogP contribution in [-0.4, -0.2) is 43.8 Å². The minimum atomic E-state index is 0.205. The number of hydrogen-bond donors (Lipinski definition) is 0. The van der Waals surface area contributed by atoms with Crippen LogP contribution in [0.25, 0.3) is 0 Å². The first-order chi connectivity index (χ1) is 7.85. The van der Waals surface area contributed by atoms with Crippen LogP contribution in [-0.2, 0) is 4.74 Å². The Morgan fingerprint density at radius 1 is 1.62 bits per heavy atom. The molecule has 0 spiro atoms. The Hall–Kier alpha value is -1.00. The van der Waals surface area contributed by atoms with Crippen molar-refractivity contribution >= 4 is 17.4 Å². The van der Waals surface area contributed by atoms with Crippen molar-refractivity contribution in [3.63, 3.8) is 0 Å². The summed E-state index contributed by atoms with van der Waals surface area (Å²) in [4.78, 5) is 6.53. The van der Waals surface area contributed by atoms with E-state index in [9.17, 15) is 0 Å². The SMILES string of the molecule is COc1ccc(N2CCOCC2CCl)nc1. The average molecular weight is 243 g/mol. The summed E-state index contributed by atoms with van der Waals surface area (Å²) in [5.74, 6) is 2.24. The first-order valence-corrected chi connectivity index (χ1v) is 5.79. The van der Waals surface area contributed by atoms with E-state index in [0.717, 1.165) is 24.7 Å². The molecule has 0 bridgehead atoms. The van der Waals surface area contributed by atoms with Gasteiger partial charge in [-0.05, 0) is 12.1 Å². The van der Waals surface area contributed by atoms with Crippen LogP contribution in [0.2, 0.25) is 0 Å². The van der Waals surface area contributed by atoms with Crippen molar-refractivity contribution in [3.05, 3.63) is 18.3 Å². The summed E-state index contributed by atoms with van der Waals surface area (Å²) in [7, 11) is 1.63. The standard InChI is InChI=1S/C11H15ClN2O2/c1-15-10-2-3-11(13-7-10)14-4-5-16-8-9(14)6-12/h2-3,7,9H,4-6,8H2,1H3. The van der Waals surface area contributed by atoms with Crippen molar-refractivity contribution in [1.29, 1.82) is 0 Å². The summed E-state index contributed by atoms with van der Waals surface area (Å²) in [5, 5.41) is 0. The van der Waals surface area contributed by atoms with Crippen molar-refractivity contribution in [2.75, 3.05) is 37.6 Å². The quantitative estimate of drug-likeness (QED) is 0.753. The maximum absolute atomic E-state index is 5.91. The molecule has 0 saturated carbocycles.